The Bertz CT molecular complexity index is 169. The van der Waals surface area contributed by atoms with E-state index in [1.165, 1.54) is 11.8 Å². The van der Waals surface area contributed by atoms with E-state index in [2.05, 4.69) is 5.32 Å². The molecule has 0 aromatic rings. The molecule has 1 aliphatic heterocycles. The number of carbonyl (C=O) groups excluding carboxylic acids is 1. The standard InChI is InChI=1S/C6H9NOS2/c1-4(8)10-5-2-3-7-6(5)9/h5H,2-3H2,1H3,(H,7,9)/t5-/m0/s1. The zero-order valence-corrected chi connectivity index (χ0v) is 7.35. The molecule has 1 N–H and O–H groups in total. The van der Waals surface area contributed by atoms with E-state index in [9.17, 15) is 4.79 Å². The first kappa shape index (κ1) is 8.01. The van der Waals surface area contributed by atoms with Crippen molar-refractivity contribution in [2.24, 2.45) is 0 Å². The number of thioether (sulfide) groups is 1. The molecule has 1 saturated heterocycles. The Labute approximate surface area is 69.8 Å². The number of hydrogen-bond donors (Lipinski definition) is 1. The van der Waals surface area contributed by atoms with Gasteiger partial charge in [0.2, 0.25) is 0 Å². The van der Waals surface area contributed by atoms with Crippen molar-refractivity contribution in [1.82, 2.24) is 5.32 Å². The lowest BCUT2D eigenvalue weighted by Crippen LogP contribution is -2.18. The largest absolute Gasteiger partial charge is 0.379 e. The van der Waals surface area contributed by atoms with Crippen molar-refractivity contribution in [3.05, 3.63) is 0 Å². The molecule has 0 bridgehead atoms. The second kappa shape index (κ2) is 3.34. The summed E-state index contributed by atoms with van der Waals surface area (Å²) in [6.45, 7) is 2.50. The first-order valence-electron chi connectivity index (χ1n) is 3.15. The van der Waals surface area contributed by atoms with Crippen LogP contribution in [0, 0.1) is 0 Å². The molecule has 0 unspecified atom stereocenters. The molecule has 10 heavy (non-hydrogen) atoms. The molecule has 0 radical (unpaired) electrons. The second-order valence-corrected chi connectivity index (χ2v) is 4.00. The quantitative estimate of drug-likeness (QED) is 0.601. The van der Waals surface area contributed by atoms with Crippen LogP contribution in [0.4, 0.5) is 0 Å². The number of hydrogen-bond acceptors (Lipinski definition) is 3. The molecule has 2 nitrogen and oxygen atoms in total. The fraction of sp³-hybridized carbons (Fsp3) is 0.667. The molecule has 0 aromatic heterocycles. The highest BCUT2D eigenvalue weighted by Gasteiger charge is 2.21. The van der Waals surface area contributed by atoms with Crippen LogP contribution in [0.15, 0.2) is 0 Å². The second-order valence-electron chi connectivity index (χ2n) is 2.18. The molecule has 1 atom stereocenters. The van der Waals surface area contributed by atoms with Crippen LogP contribution in [-0.4, -0.2) is 21.9 Å². The Morgan fingerprint density at radius 2 is 2.60 bits per heavy atom. The first-order valence-corrected chi connectivity index (χ1v) is 4.44. The monoisotopic (exact) mass is 175 g/mol. The third kappa shape index (κ3) is 1.95. The van der Waals surface area contributed by atoms with Gasteiger partial charge in [0.25, 0.3) is 0 Å². The molecule has 1 rings (SSSR count). The number of thiocarbonyl (C=S) groups is 1. The van der Waals surface area contributed by atoms with Gasteiger partial charge < -0.3 is 5.32 Å². The fourth-order valence-corrected chi connectivity index (χ4v) is 2.08. The molecule has 1 heterocycles. The minimum atomic E-state index is 0.149. The molecule has 0 spiro atoms. The summed E-state index contributed by atoms with van der Waals surface area (Å²) in [6.07, 6.45) is 0.989. The van der Waals surface area contributed by atoms with Crippen LogP contribution in [0.1, 0.15) is 13.3 Å². The van der Waals surface area contributed by atoms with Gasteiger partial charge in [0.05, 0.1) is 10.2 Å². The van der Waals surface area contributed by atoms with Gasteiger partial charge in [-0.2, -0.15) is 0 Å². The summed E-state index contributed by atoms with van der Waals surface area (Å²) < 4.78 is 0. The molecule has 0 aliphatic carbocycles. The van der Waals surface area contributed by atoms with Gasteiger partial charge in [-0.3, -0.25) is 4.79 Å². The van der Waals surface area contributed by atoms with E-state index in [1.807, 2.05) is 0 Å². The van der Waals surface area contributed by atoms with Gasteiger partial charge in [0, 0.05) is 13.5 Å². The van der Waals surface area contributed by atoms with Gasteiger partial charge >= 0.3 is 0 Å². The highest BCUT2D eigenvalue weighted by molar-refractivity contribution is 8.15. The van der Waals surface area contributed by atoms with Gasteiger partial charge in [0.1, 0.15) is 0 Å². The minimum absolute atomic E-state index is 0.149. The van der Waals surface area contributed by atoms with Crippen molar-refractivity contribution >= 4 is 34.1 Å². The van der Waals surface area contributed by atoms with E-state index in [-0.39, 0.29) is 10.4 Å². The zero-order valence-electron chi connectivity index (χ0n) is 5.72. The minimum Gasteiger partial charge on any atom is -0.379 e. The van der Waals surface area contributed by atoms with Crippen molar-refractivity contribution in [3.8, 4) is 0 Å². The summed E-state index contributed by atoms with van der Waals surface area (Å²) in [5.74, 6) is 0. The Hall–Kier alpha value is -0.0900. The van der Waals surface area contributed by atoms with Crippen LogP contribution in [0.5, 0.6) is 0 Å². The molecule has 1 fully saturated rings. The van der Waals surface area contributed by atoms with E-state index in [0.29, 0.717) is 0 Å². The molecule has 0 amide bonds. The van der Waals surface area contributed by atoms with Crippen molar-refractivity contribution in [3.63, 3.8) is 0 Å². The lowest BCUT2D eigenvalue weighted by molar-refractivity contribution is -0.109. The maximum absolute atomic E-state index is 10.6. The third-order valence-corrected chi connectivity index (χ3v) is 2.97. The smallest absolute Gasteiger partial charge is 0.186 e. The summed E-state index contributed by atoms with van der Waals surface area (Å²) in [5, 5.41) is 3.43. The van der Waals surface area contributed by atoms with Gasteiger partial charge in [-0.15, -0.1) is 0 Å². The summed E-state index contributed by atoms with van der Waals surface area (Å²) in [7, 11) is 0. The molecular weight excluding hydrogens is 166 g/mol. The number of carbonyl (C=O) groups is 1. The maximum atomic E-state index is 10.6. The third-order valence-electron chi connectivity index (χ3n) is 1.31. The topological polar surface area (TPSA) is 29.1 Å². The van der Waals surface area contributed by atoms with Crippen LogP contribution >= 0.6 is 24.0 Å². The average molecular weight is 175 g/mol. The van der Waals surface area contributed by atoms with E-state index in [1.54, 1.807) is 6.92 Å². The number of rotatable bonds is 1. The molecular formula is C6H9NOS2. The van der Waals surface area contributed by atoms with Crippen molar-refractivity contribution in [1.29, 1.82) is 0 Å². The fourth-order valence-electron chi connectivity index (χ4n) is 0.884. The number of nitrogens with one attached hydrogen (secondary N) is 1. The highest BCUT2D eigenvalue weighted by atomic mass is 32.2. The van der Waals surface area contributed by atoms with E-state index < -0.39 is 0 Å². The van der Waals surface area contributed by atoms with E-state index in [4.69, 9.17) is 12.2 Å². The van der Waals surface area contributed by atoms with Gasteiger partial charge in [0.15, 0.2) is 5.12 Å². The predicted octanol–water partition coefficient (Wildman–Crippen LogP) is 0.955. The lowest BCUT2D eigenvalue weighted by Gasteiger charge is -2.03. The van der Waals surface area contributed by atoms with Crippen LogP contribution in [0.2, 0.25) is 0 Å². The predicted molar refractivity (Wildman–Crippen MR) is 47.3 cm³/mol. The van der Waals surface area contributed by atoms with Gasteiger partial charge in [-0.1, -0.05) is 24.0 Å². The maximum Gasteiger partial charge on any atom is 0.186 e. The molecule has 1 aliphatic rings. The SMILES string of the molecule is CC(=O)S[C@H]1CCNC1=S. The normalized spacial score (nSPS) is 24.5. The Balaban J connectivity index is 2.40. The molecule has 0 aromatic carbocycles. The van der Waals surface area contributed by atoms with Crippen LogP contribution in [0.25, 0.3) is 0 Å². The van der Waals surface area contributed by atoms with Gasteiger partial charge in [-0.25, -0.2) is 0 Å². The molecule has 56 valence electrons. The summed E-state index contributed by atoms with van der Waals surface area (Å²) >= 11 is 6.30. The molecule has 4 heteroatoms. The zero-order chi connectivity index (χ0) is 7.56. The Kier molecular flexibility index (Phi) is 2.68. The van der Waals surface area contributed by atoms with Crippen molar-refractivity contribution in [2.45, 2.75) is 18.6 Å². The summed E-state index contributed by atoms with van der Waals surface area (Å²) in [5.41, 5.74) is 0. The van der Waals surface area contributed by atoms with Crippen LogP contribution < -0.4 is 5.32 Å². The Morgan fingerprint density at radius 1 is 1.90 bits per heavy atom. The van der Waals surface area contributed by atoms with Crippen LogP contribution in [-0.2, 0) is 4.79 Å². The molecule has 0 saturated carbocycles. The van der Waals surface area contributed by atoms with Gasteiger partial charge in [-0.05, 0) is 6.42 Å². The summed E-state index contributed by atoms with van der Waals surface area (Å²) in [4.78, 5) is 11.5. The van der Waals surface area contributed by atoms with Crippen molar-refractivity contribution < 1.29 is 4.79 Å². The van der Waals surface area contributed by atoms with Crippen molar-refractivity contribution in [2.75, 3.05) is 6.54 Å². The lowest BCUT2D eigenvalue weighted by atomic mass is 10.4. The average Bonchev–Trinajstić information content (AvgIpc) is 2.15. The first-order chi connectivity index (χ1) is 4.70. The summed E-state index contributed by atoms with van der Waals surface area (Å²) in [6, 6.07) is 0. The highest BCUT2D eigenvalue weighted by Crippen LogP contribution is 2.19. The Morgan fingerprint density at radius 3 is 3.00 bits per heavy atom. The van der Waals surface area contributed by atoms with E-state index >= 15 is 0 Å². The van der Waals surface area contributed by atoms with Crippen LogP contribution in [0.3, 0.4) is 0 Å². The van der Waals surface area contributed by atoms with E-state index in [0.717, 1.165) is 18.0 Å².